The monoisotopic (exact) mass is 255 g/mol. The number of carbonyl (C=O) groups is 2. The first kappa shape index (κ1) is 13.6. The van der Waals surface area contributed by atoms with Crippen molar-refractivity contribution in [3.05, 3.63) is 29.3 Å². The van der Waals surface area contributed by atoms with E-state index in [0.717, 1.165) is 0 Å². The highest BCUT2D eigenvalue weighted by Gasteiger charge is 2.05. The second-order valence-corrected chi connectivity index (χ2v) is 3.38. The van der Waals surface area contributed by atoms with Crippen LogP contribution < -0.4 is 5.73 Å². The Morgan fingerprint density at radius 1 is 1.17 bits per heavy atom. The lowest BCUT2D eigenvalue weighted by atomic mass is 10.1. The molecule has 0 heterocycles. The molecule has 0 unspecified atom stereocenters. The van der Waals surface area contributed by atoms with E-state index in [2.05, 4.69) is 9.47 Å². The molecule has 0 aliphatic heterocycles. The van der Waals surface area contributed by atoms with E-state index in [1.54, 1.807) is 18.2 Å². The van der Waals surface area contributed by atoms with Crippen LogP contribution in [0.5, 0.6) is 0 Å². The second kappa shape index (κ2) is 6.33. The molecule has 0 atom stereocenters. The summed E-state index contributed by atoms with van der Waals surface area (Å²) in [5.41, 5.74) is 7.24. The molecule has 7 nitrogen and oxygen atoms in total. The van der Waals surface area contributed by atoms with E-state index in [1.807, 2.05) is 0 Å². The Labute approximate surface area is 103 Å². The molecule has 98 valence electrons. The van der Waals surface area contributed by atoms with Crippen molar-refractivity contribution in [1.82, 2.24) is 0 Å². The smallest absolute Gasteiger partial charge is 0.450 e. The third-order valence-electron chi connectivity index (χ3n) is 1.96. The molecule has 0 spiro atoms. The summed E-state index contributed by atoms with van der Waals surface area (Å²) in [6.07, 6.45) is -2.18. The molecule has 1 aromatic carbocycles. The number of methoxy groups -OCH3 is 1. The number of nitrogens with two attached hydrogens (primary N) is 1. The second-order valence-electron chi connectivity index (χ2n) is 3.38. The first-order valence-corrected chi connectivity index (χ1v) is 4.96. The Morgan fingerprint density at radius 3 is 2.22 bits per heavy atom. The molecule has 0 aliphatic rings. The summed E-state index contributed by atoms with van der Waals surface area (Å²) in [5.74, 6) is 0. The number of anilines is 1. The maximum atomic E-state index is 10.8. The minimum Gasteiger partial charge on any atom is -0.450 e. The lowest BCUT2D eigenvalue weighted by Gasteiger charge is -2.07. The maximum Gasteiger partial charge on any atom is 0.508 e. The highest BCUT2D eigenvalue weighted by atomic mass is 16.7. The molecular formula is C11H13NO6. The third-order valence-corrected chi connectivity index (χ3v) is 1.96. The van der Waals surface area contributed by atoms with Gasteiger partial charge in [-0.25, -0.2) is 9.59 Å². The third kappa shape index (κ3) is 4.60. The number of carboxylic acid groups (broad SMARTS) is 1. The molecule has 0 saturated heterocycles. The molecule has 3 N–H and O–H groups in total. The molecule has 1 aromatic rings. The van der Waals surface area contributed by atoms with E-state index >= 15 is 0 Å². The maximum absolute atomic E-state index is 10.8. The van der Waals surface area contributed by atoms with Gasteiger partial charge in [-0.2, -0.15) is 0 Å². The van der Waals surface area contributed by atoms with Gasteiger partial charge in [0.25, 0.3) is 0 Å². The fourth-order valence-electron chi connectivity index (χ4n) is 1.30. The van der Waals surface area contributed by atoms with Gasteiger partial charge in [0.2, 0.25) is 0 Å². The predicted octanol–water partition coefficient (Wildman–Crippen LogP) is 1.75. The summed E-state index contributed by atoms with van der Waals surface area (Å²) in [7, 11) is 1.20. The molecule has 18 heavy (non-hydrogen) atoms. The Hall–Kier alpha value is -2.44. The van der Waals surface area contributed by atoms with E-state index in [-0.39, 0.29) is 13.2 Å². The van der Waals surface area contributed by atoms with Crippen molar-refractivity contribution < 1.29 is 28.9 Å². The molecule has 1 rings (SSSR count). The van der Waals surface area contributed by atoms with Gasteiger partial charge in [-0.05, 0) is 29.3 Å². The summed E-state index contributed by atoms with van der Waals surface area (Å²) in [6.45, 7) is -0.136. The molecule has 0 bridgehead atoms. The fraction of sp³-hybridized carbons (Fsp3) is 0.273. The molecule has 0 amide bonds. The molecule has 0 radical (unpaired) electrons. The normalized spacial score (nSPS) is 9.61. The van der Waals surface area contributed by atoms with E-state index in [4.69, 9.17) is 15.6 Å². The van der Waals surface area contributed by atoms with Crippen LogP contribution in [0.3, 0.4) is 0 Å². The topological polar surface area (TPSA) is 108 Å². The van der Waals surface area contributed by atoms with Gasteiger partial charge in [0, 0.05) is 5.69 Å². The predicted molar refractivity (Wildman–Crippen MR) is 60.9 cm³/mol. The summed E-state index contributed by atoms with van der Waals surface area (Å²) >= 11 is 0. The SMILES string of the molecule is COC(=O)OCc1cc(N)cc(COC(=O)O)c1. The van der Waals surface area contributed by atoms with Crippen LogP contribution in [0.15, 0.2) is 18.2 Å². The van der Waals surface area contributed by atoms with Crippen LogP contribution in [0.2, 0.25) is 0 Å². The van der Waals surface area contributed by atoms with Crippen LogP contribution in [-0.4, -0.2) is 24.5 Å². The van der Waals surface area contributed by atoms with Crippen molar-refractivity contribution in [2.45, 2.75) is 13.2 Å². The van der Waals surface area contributed by atoms with Crippen molar-refractivity contribution in [2.24, 2.45) is 0 Å². The minimum absolute atomic E-state index is 0.0161. The standard InChI is InChI=1S/C11H13NO6/c1-16-11(15)18-6-8-2-7(3-9(12)4-8)5-17-10(13)14/h2-4H,5-6,12H2,1H3,(H,13,14). The number of carbonyl (C=O) groups excluding carboxylic acids is 1. The Morgan fingerprint density at radius 2 is 1.72 bits per heavy atom. The van der Waals surface area contributed by atoms with Crippen molar-refractivity contribution in [3.8, 4) is 0 Å². The van der Waals surface area contributed by atoms with Gasteiger partial charge < -0.3 is 25.1 Å². The first-order chi connectivity index (χ1) is 8.51. The van der Waals surface area contributed by atoms with Gasteiger partial charge in [0.15, 0.2) is 0 Å². The molecule has 0 aliphatic carbocycles. The molecule has 0 saturated carbocycles. The zero-order valence-corrected chi connectivity index (χ0v) is 9.71. The highest BCUT2D eigenvalue weighted by molar-refractivity contribution is 5.59. The average Bonchev–Trinajstić information content (AvgIpc) is 2.33. The van der Waals surface area contributed by atoms with Gasteiger partial charge in [-0.1, -0.05) is 0 Å². The zero-order valence-electron chi connectivity index (χ0n) is 9.71. The van der Waals surface area contributed by atoms with Crippen molar-refractivity contribution in [1.29, 1.82) is 0 Å². The van der Waals surface area contributed by atoms with Crippen molar-refractivity contribution >= 4 is 18.0 Å². The number of ether oxygens (including phenoxy) is 3. The molecule has 0 fully saturated rings. The van der Waals surface area contributed by atoms with E-state index in [0.29, 0.717) is 16.8 Å². The van der Waals surface area contributed by atoms with Crippen LogP contribution in [0.1, 0.15) is 11.1 Å². The van der Waals surface area contributed by atoms with Crippen molar-refractivity contribution in [2.75, 3.05) is 12.8 Å². The number of rotatable bonds is 4. The summed E-state index contributed by atoms with van der Waals surface area (Å²) < 4.78 is 13.5. The highest BCUT2D eigenvalue weighted by Crippen LogP contribution is 2.14. The van der Waals surface area contributed by atoms with Crippen LogP contribution in [0.25, 0.3) is 0 Å². The zero-order chi connectivity index (χ0) is 13.5. The van der Waals surface area contributed by atoms with Crippen LogP contribution in [0.4, 0.5) is 15.3 Å². The van der Waals surface area contributed by atoms with Crippen LogP contribution in [0, 0.1) is 0 Å². The first-order valence-electron chi connectivity index (χ1n) is 4.96. The quantitative estimate of drug-likeness (QED) is 0.623. The number of hydrogen-bond donors (Lipinski definition) is 2. The number of benzene rings is 1. The molecule has 7 heteroatoms. The van der Waals surface area contributed by atoms with Gasteiger partial charge in [0.1, 0.15) is 13.2 Å². The van der Waals surface area contributed by atoms with Gasteiger partial charge in [-0.3, -0.25) is 0 Å². The van der Waals surface area contributed by atoms with Crippen LogP contribution in [-0.2, 0) is 27.4 Å². The number of hydrogen-bond acceptors (Lipinski definition) is 6. The van der Waals surface area contributed by atoms with Gasteiger partial charge in [0.05, 0.1) is 7.11 Å². The molecular weight excluding hydrogens is 242 g/mol. The molecule has 0 aromatic heterocycles. The number of nitrogen functional groups attached to an aromatic ring is 1. The van der Waals surface area contributed by atoms with E-state index in [1.165, 1.54) is 7.11 Å². The average molecular weight is 255 g/mol. The largest absolute Gasteiger partial charge is 0.508 e. The Balaban J connectivity index is 2.68. The van der Waals surface area contributed by atoms with Crippen LogP contribution >= 0.6 is 0 Å². The Kier molecular flexibility index (Phi) is 4.79. The summed E-state index contributed by atoms with van der Waals surface area (Å²) in [4.78, 5) is 21.0. The lowest BCUT2D eigenvalue weighted by Crippen LogP contribution is -2.06. The van der Waals surface area contributed by atoms with Gasteiger partial charge in [-0.15, -0.1) is 0 Å². The van der Waals surface area contributed by atoms with Crippen molar-refractivity contribution in [3.63, 3.8) is 0 Å². The fourth-order valence-corrected chi connectivity index (χ4v) is 1.30. The summed E-state index contributed by atoms with van der Waals surface area (Å²) in [5, 5.41) is 8.38. The lowest BCUT2D eigenvalue weighted by molar-refractivity contribution is 0.0668. The Bertz CT molecular complexity index is 445. The summed E-state index contributed by atoms with van der Waals surface area (Å²) in [6, 6.07) is 4.81. The van der Waals surface area contributed by atoms with E-state index < -0.39 is 12.3 Å². The van der Waals surface area contributed by atoms with E-state index in [9.17, 15) is 9.59 Å². The minimum atomic E-state index is -1.37. The van der Waals surface area contributed by atoms with Gasteiger partial charge >= 0.3 is 12.3 Å².